The predicted octanol–water partition coefficient (Wildman–Crippen LogP) is 4.81. The van der Waals surface area contributed by atoms with Gasteiger partial charge in [-0.1, -0.05) is 72.0 Å². The largest absolute Gasteiger partial charge is 0.353 e. The van der Waals surface area contributed by atoms with Crippen LogP contribution in [0.2, 0.25) is 0 Å². The molecular weight excluding hydrogens is 488 g/mol. The number of Topliss-reactive ketones (excluding diaryl/α,β-unsaturated/α-hetero) is 1. The third-order valence-electron chi connectivity index (χ3n) is 5.35. The number of hydrogen-bond acceptors (Lipinski definition) is 8. The summed E-state index contributed by atoms with van der Waals surface area (Å²) in [6.07, 6.45) is 6.98. The van der Waals surface area contributed by atoms with Crippen LogP contribution in [-0.4, -0.2) is 54.1 Å². The molecule has 1 N–H and O–H groups in total. The highest BCUT2D eigenvalue weighted by atomic mass is 32.2. The molecule has 34 heavy (non-hydrogen) atoms. The van der Waals surface area contributed by atoms with Crippen molar-refractivity contribution in [2.75, 3.05) is 30.7 Å². The van der Waals surface area contributed by atoms with Crippen molar-refractivity contribution >= 4 is 50.1 Å². The number of thioether (sulfide) groups is 1. The van der Waals surface area contributed by atoms with Crippen molar-refractivity contribution < 1.29 is 13.2 Å². The number of benzene rings is 2. The Kier molecular flexibility index (Phi) is 8.49. The van der Waals surface area contributed by atoms with Gasteiger partial charge in [-0.05, 0) is 42.7 Å². The van der Waals surface area contributed by atoms with E-state index in [1.165, 1.54) is 27.8 Å². The molecular formula is C24H26N4O3S3. The Morgan fingerprint density at radius 2 is 1.76 bits per heavy atom. The summed E-state index contributed by atoms with van der Waals surface area (Å²) in [6.45, 7) is 1.17. The fraction of sp³-hybridized carbons (Fsp3) is 0.292. The smallest absolute Gasteiger partial charge is 0.243 e. The van der Waals surface area contributed by atoms with E-state index in [1.54, 1.807) is 23.9 Å². The number of aromatic nitrogens is 2. The molecule has 1 aromatic heterocycles. The number of carbonyl (C=O) groups excluding carboxylic acids is 1. The summed E-state index contributed by atoms with van der Waals surface area (Å²) in [5, 5.41) is 11.8. The van der Waals surface area contributed by atoms with E-state index in [1.807, 2.05) is 30.3 Å². The molecule has 1 saturated heterocycles. The zero-order valence-corrected chi connectivity index (χ0v) is 21.0. The molecule has 2 aromatic carbocycles. The Morgan fingerprint density at radius 1 is 1.03 bits per heavy atom. The van der Waals surface area contributed by atoms with E-state index in [9.17, 15) is 13.2 Å². The van der Waals surface area contributed by atoms with Crippen LogP contribution in [0.3, 0.4) is 0 Å². The monoisotopic (exact) mass is 514 g/mol. The lowest BCUT2D eigenvalue weighted by atomic mass is 10.1. The van der Waals surface area contributed by atoms with E-state index in [0.29, 0.717) is 23.8 Å². The molecule has 4 rings (SSSR count). The van der Waals surface area contributed by atoms with E-state index in [4.69, 9.17) is 0 Å². The number of nitrogens with one attached hydrogen (secondary N) is 1. The third kappa shape index (κ3) is 6.53. The van der Waals surface area contributed by atoms with E-state index in [2.05, 4.69) is 27.7 Å². The minimum Gasteiger partial charge on any atom is -0.353 e. The highest BCUT2D eigenvalue weighted by Gasteiger charge is 2.25. The lowest BCUT2D eigenvalue weighted by Crippen LogP contribution is -2.35. The number of sulfonamides is 1. The molecule has 1 aliphatic rings. The van der Waals surface area contributed by atoms with Crippen molar-refractivity contribution in [3.05, 3.63) is 71.8 Å². The van der Waals surface area contributed by atoms with Crippen molar-refractivity contribution in [2.45, 2.75) is 28.5 Å². The zero-order chi connectivity index (χ0) is 23.8. The molecule has 0 bridgehead atoms. The molecule has 0 spiro atoms. The minimum atomic E-state index is -3.50. The van der Waals surface area contributed by atoms with Crippen LogP contribution in [0.5, 0.6) is 0 Å². The molecule has 0 radical (unpaired) electrons. The van der Waals surface area contributed by atoms with E-state index in [-0.39, 0.29) is 17.2 Å². The second kappa shape index (κ2) is 11.7. The lowest BCUT2D eigenvalue weighted by molar-refractivity contribution is 0.101. The van der Waals surface area contributed by atoms with Crippen LogP contribution in [-0.2, 0) is 10.0 Å². The van der Waals surface area contributed by atoms with Gasteiger partial charge in [0.1, 0.15) is 0 Å². The molecule has 3 aromatic rings. The first-order chi connectivity index (χ1) is 16.5. The fourth-order valence-electron chi connectivity index (χ4n) is 3.53. The Bertz CT molecular complexity index is 1220. The van der Waals surface area contributed by atoms with E-state index in [0.717, 1.165) is 34.9 Å². The quantitative estimate of drug-likeness (QED) is 0.306. The van der Waals surface area contributed by atoms with Gasteiger partial charge < -0.3 is 5.32 Å². The minimum absolute atomic E-state index is 0.0609. The standard InChI is InChI=1S/C24H26N4O3S3/c29-22(20-11-13-21(14-12-20)34(30,31)28-15-5-2-6-16-28)18-25-23-26-27-24(33-23)32-17-7-10-19-8-3-1-4-9-19/h1,3-4,7-14H,2,5-6,15-18H2,(H,25,26)/b10-7+. The topological polar surface area (TPSA) is 92.3 Å². The van der Waals surface area contributed by atoms with Crippen LogP contribution >= 0.6 is 23.1 Å². The maximum absolute atomic E-state index is 12.8. The molecule has 1 fully saturated rings. The summed E-state index contributed by atoms with van der Waals surface area (Å²) in [5.74, 6) is 0.631. The van der Waals surface area contributed by atoms with Gasteiger partial charge in [0.25, 0.3) is 0 Å². The molecule has 0 amide bonds. The van der Waals surface area contributed by atoms with Gasteiger partial charge in [-0.3, -0.25) is 4.79 Å². The normalized spacial score (nSPS) is 14.9. The maximum Gasteiger partial charge on any atom is 0.243 e. The van der Waals surface area contributed by atoms with Crippen LogP contribution < -0.4 is 5.32 Å². The second-order valence-corrected chi connectivity index (χ2v) is 11.9. The van der Waals surface area contributed by atoms with Gasteiger partial charge in [-0.15, -0.1) is 10.2 Å². The van der Waals surface area contributed by atoms with Gasteiger partial charge in [0, 0.05) is 24.4 Å². The summed E-state index contributed by atoms with van der Waals surface area (Å²) in [5.41, 5.74) is 1.61. The summed E-state index contributed by atoms with van der Waals surface area (Å²) in [7, 11) is -3.50. The molecule has 0 aliphatic carbocycles. The van der Waals surface area contributed by atoms with Gasteiger partial charge in [0.15, 0.2) is 10.1 Å². The number of ketones is 1. The molecule has 2 heterocycles. The highest BCUT2D eigenvalue weighted by molar-refractivity contribution is 8.01. The van der Waals surface area contributed by atoms with Crippen molar-refractivity contribution in [3.63, 3.8) is 0 Å². The zero-order valence-electron chi connectivity index (χ0n) is 18.6. The van der Waals surface area contributed by atoms with Crippen molar-refractivity contribution in [1.29, 1.82) is 0 Å². The van der Waals surface area contributed by atoms with Crippen LogP contribution in [0.15, 0.2) is 69.9 Å². The number of anilines is 1. The van der Waals surface area contributed by atoms with Crippen molar-refractivity contribution in [1.82, 2.24) is 14.5 Å². The summed E-state index contributed by atoms with van der Waals surface area (Å²) >= 11 is 2.98. The molecule has 178 valence electrons. The number of carbonyl (C=O) groups is 1. The van der Waals surface area contributed by atoms with Crippen molar-refractivity contribution in [2.24, 2.45) is 0 Å². The Labute approximate surface area is 208 Å². The highest BCUT2D eigenvalue weighted by Crippen LogP contribution is 2.26. The first-order valence-electron chi connectivity index (χ1n) is 11.1. The van der Waals surface area contributed by atoms with Gasteiger partial charge >= 0.3 is 0 Å². The van der Waals surface area contributed by atoms with Gasteiger partial charge in [-0.25, -0.2) is 8.42 Å². The molecule has 7 nitrogen and oxygen atoms in total. The number of hydrogen-bond donors (Lipinski definition) is 1. The maximum atomic E-state index is 12.8. The summed E-state index contributed by atoms with van der Waals surface area (Å²) < 4.78 is 27.9. The number of nitrogens with zero attached hydrogens (tertiary/aromatic N) is 3. The first kappa shape index (κ1) is 24.6. The van der Waals surface area contributed by atoms with Gasteiger partial charge in [-0.2, -0.15) is 4.31 Å². The lowest BCUT2D eigenvalue weighted by Gasteiger charge is -2.25. The van der Waals surface area contributed by atoms with Crippen molar-refractivity contribution in [3.8, 4) is 0 Å². The number of rotatable bonds is 10. The van der Waals surface area contributed by atoms with Gasteiger partial charge in [0.2, 0.25) is 15.2 Å². The average molecular weight is 515 g/mol. The Morgan fingerprint density at radius 3 is 2.50 bits per heavy atom. The average Bonchev–Trinajstić information content (AvgIpc) is 3.34. The van der Waals surface area contributed by atoms with Crippen LogP contribution in [0.25, 0.3) is 6.08 Å². The first-order valence-corrected chi connectivity index (χ1v) is 14.3. The molecule has 1 aliphatic heterocycles. The SMILES string of the molecule is O=C(CNc1nnc(SC/C=C/c2ccccc2)s1)c1ccc(S(=O)(=O)N2CCCCC2)cc1. The summed E-state index contributed by atoms with van der Waals surface area (Å²) in [6, 6.07) is 16.3. The molecule has 0 atom stereocenters. The molecule has 0 unspecified atom stereocenters. The van der Waals surface area contributed by atoms with Crippen LogP contribution in [0, 0.1) is 0 Å². The molecule has 0 saturated carbocycles. The summed E-state index contributed by atoms with van der Waals surface area (Å²) in [4.78, 5) is 12.8. The van der Waals surface area contributed by atoms with E-state index >= 15 is 0 Å². The Hall–Kier alpha value is -2.53. The number of piperidine rings is 1. The van der Waals surface area contributed by atoms with Gasteiger partial charge in [0.05, 0.1) is 11.4 Å². The predicted molar refractivity (Wildman–Crippen MR) is 138 cm³/mol. The second-order valence-electron chi connectivity index (χ2n) is 7.76. The van der Waals surface area contributed by atoms with Crippen LogP contribution in [0.1, 0.15) is 35.2 Å². The third-order valence-corrected chi connectivity index (χ3v) is 9.23. The van der Waals surface area contributed by atoms with E-state index < -0.39 is 10.0 Å². The van der Waals surface area contributed by atoms with Crippen LogP contribution in [0.4, 0.5) is 5.13 Å². The molecule has 10 heteroatoms. The fourth-order valence-corrected chi connectivity index (χ4v) is 6.63. The Balaban J connectivity index is 1.26.